The molecule has 1 heterocycles. The second kappa shape index (κ2) is 5.46. The second-order valence-corrected chi connectivity index (χ2v) is 5.86. The molecule has 3 nitrogen and oxygen atoms in total. The number of hydrogen-bond donors (Lipinski definition) is 1. The highest BCUT2D eigenvalue weighted by atomic mass is 127. The third-order valence-corrected chi connectivity index (χ3v) is 4.51. The van der Waals surface area contributed by atoms with E-state index in [0.29, 0.717) is 18.2 Å². The van der Waals surface area contributed by atoms with Crippen molar-refractivity contribution in [2.45, 2.75) is 19.4 Å². The Balaban J connectivity index is 2.56. The van der Waals surface area contributed by atoms with Crippen LogP contribution in [-0.4, -0.2) is 23.2 Å². The molecule has 100 valence electrons. The molecule has 1 aromatic carbocycles. The molecule has 0 saturated heterocycles. The van der Waals surface area contributed by atoms with E-state index >= 15 is 0 Å². The Labute approximate surface area is 126 Å². The minimum absolute atomic E-state index is 0.510. The maximum atomic E-state index is 10.1. The van der Waals surface area contributed by atoms with Crippen molar-refractivity contribution in [2.24, 2.45) is 4.99 Å². The summed E-state index contributed by atoms with van der Waals surface area (Å²) in [5, 5.41) is 10.1. The lowest BCUT2D eigenvalue weighted by Crippen LogP contribution is -2.19. The van der Waals surface area contributed by atoms with Gasteiger partial charge >= 0.3 is 0 Å². The molecule has 0 unspecified atom stereocenters. The van der Waals surface area contributed by atoms with Gasteiger partial charge in [0.1, 0.15) is 5.76 Å². The molecule has 0 amide bonds. The molecule has 0 bridgehead atoms. The summed E-state index contributed by atoms with van der Waals surface area (Å²) in [6.45, 7) is 7.65. The highest BCUT2D eigenvalue weighted by Gasteiger charge is 2.31. The van der Waals surface area contributed by atoms with Crippen molar-refractivity contribution in [2.75, 3.05) is 6.54 Å². The number of ether oxygens (including phenoxy) is 1. The first-order valence-corrected chi connectivity index (χ1v) is 7.08. The Morgan fingerprint density at radius 2 is 2.05 bits per heavy atom. The van der Waals surface area contributed by atoms with Crippen LogP contribution in [-0.2, 0) is 4.74 Å². The molecule has 0 fully saturated rings. The summed E-state index contributed by atoms with van der Waals surface area (Å²) in [7, 11) is 0. The van der Waals surface area contributed by atoms with E-state index in [1.807, 2.05) is 24.3 Å². The lowest BCUT2D eigenvalue weighted by atomic mass is 10.0. The molecule has 0 spiro atoms. The van der Waals surface area contributed by atoms with E-state index in [9.17, 15) is 5.11 Å². The highest BCUT2D eigenvalue weighted by Crippen LogP contribution is 2.38. The fraction of sp³-hybridized carbons (Fsp3) is 0.267. The molecule has 0 radical (unpaired) electrons. The van der Waals surface area contributed by atoms with Crippen molar-refractivity contribution in [3.05, 3.63) is 51.6 Å². The number of aliphatic imine (C=N–C) groups is 1. The summed E-state index contributed by atoms with van der Waals surface area (Å²) in [5.41, 5.74) is 0.992. The molecule has 0 saturated carbocycles. The van der Waals surface area contributed by atoms with E-state index in [0.717, 1.165) is 14.7 Å². The Bertz CT molecular complexity index is 568. The topological polar surface area (TPSA) is 41.8 Å². The third kappa shape index (κ3) is 2.90. The van der Waals surface area contributed by atoms with E-state index in [1.165, 1.54) is 0 Å². The van der Waals surface area contributed by atoms with Gasteiger partial charge in [-0.2, -0.15) is 0 Å². The monoisotopic (exact) mass is 369 g/mol. The van der Waals surface area contributed by atoms with Crippen molar-refractivity contribution < 1.29 is 9.84 Å². The van der Waals surface area contributed by atoms with Gasteiger partial charge in [-0.25, -0.2) is 4.99 Å². The lowest BCUT2D eigenvalue weighted by molar-refractivity contribution is 0.130. The van der Waals surface area contributed by atoms with Crippen LogP contribution in [0.3, 0.4) is 0 Å². The van der Waals surface area contributed by atoms with Crippen LogP contribution in [0.4, 0.5) is 0 Å². The Kier molecular flexibility index (Phi) is 4.10. The zero-order valence-electron chi connectivity index (χ0n) is 11.0. The Morgan fingerprint density at radius 3 is 2.63 bits per heavy atom. The predicted octanol–water partition coefficient (Wildman–Crippen LogP) is 3.52. The zero-order chi connectivity index (χ0) is 14.0. The molecule has 1 aliphatic rings. The number of benzene rings is 1. The average molecular weight is 369 g/mol. The van der Waals surface area contributed by atoms with Crippen LogP contribution in [0, 0.1) is 0 Å². The molecular weight excluding hydrogens is 353 g/mol. The van der Waals surface area contributed by atoms with Crippen LogP contribution >= 0.6 is 22.6 Å². The number of fused-ring (bicyclic) bond motifs is 1. The van der Waals surface area contributed by atoms with Gasteiger partial charge in [0.15, 0.2) is 0 Å². The Morgan fingerprint density at radius 1 is 1.42 bits per heavy atom. The van der Waals surface area contributed by atoms with Gasteiger partial charge in [-0.3, -0.25) is 0 Å². The fourth-order valence-corrected chi connectivity index (χ4v) is 2.18. The standard InChI is InChI=1S/C15H16INO2/c1-4-9-17-14-11-8-6-5-7-10(11)12(19-14)13(16)15(2,3)18/h4-8,18H,1,9H2,2-3H3/b13-12+,17-14?. The maximum absolute atomic E-state index is 10.1. The van der Waals surface area contributed by atoms with Crippen LogP contribution in [0.15, 0.2) is 45.5 Å². The van der Waals surface area contributed by atoms with Crippen LogP contribution in [0.2, 0.25) is 0 Å². The zero-order valence-corrected chi connectivity index (χ0v) is 13.1. The molecular formula is C15H16INO2. The van der Waals surface area contributed by atoms with Crippen molar-refractivity contribution in [1.82, 2.24) is 0 Å². The molecule has 2 rings (SSSR count). The summed E-state index contributed by atoms with van der Waals surface area (Å²) < 4.78 is 6.60. The number of aliphatic hydroxyl groups is 1. The third-order valence-electron chi connectivity index (χ3n) is 2.70. The highest BCUT2D eigenvalue weighted by molar-refractivity contribution is 14.1. The summed E-state index contributed by atoms with van der Waals surface area (Å²) >= 11 is 2.12. The first-order valence-electron chi connectivity index (χ1n) is 6.00. The predicted molar refractivity (Wildman–Crippen MR) is 86.4 cm³/mol. The van der Waals surface area contributed by atoms with Gasteiger partial charge in [-0.1, -0.05) is 24.3 Å². The van der Waals surface area contributed by atoms with Crippen LogP contribution in [0.25, 0.3) is 5.76 Å². The molecule has 0 aliphatic carbocycles. The summed E-state index contributed by atoms with van der Waals surface area (Å²) in [6.07, 6.45) is 1.72. The molecule has 19 heavy (non-hydrogen) atoms. The van der Waals surface area contributed by atoms with Gasteiger partial charge in [0.2, 0.25) is 5.90 Å². The van der Waals surface area contributed by atoms with Gasteiger partial charge in [-0.15, -0.1) is 6.58 Å². The van der Waals surface area contributed by atoms with E-state index in [2.05, 4.69) is 34.2 Å². The van der Waals surface area contributed by atoms with Gasteiger partial charge < -0.3 is 9.84 Å². The van der Waals surface area contributed by atoms with E-state index in [1.54, 1.807) is 19.9 Å². The molecule has 1 aromatic rings. The van der Waals surface area contributed by atoms with Crippen molar-refractivity contribution in [1.29, 1.82) is 0 Å². The summed E-state index contributed by atoms with van der Waals surface area (Å²) in [4.78, 5) is 4.35. The largest absolute Gasteiger partial charge is 0.437 e. The first kappa shape index (κ1) is 14.3. The van der Waals surface area contributed by atoms with Crippen molar-refractivity contribution in [3.8, 4) is 0 Å². The van der Waals surface area contributed by atoms with Crippen LogP contribution in [0.1, 0.15) is 25.0 Å². The Hall–Kier alpha value is -1.14. The molecule has 1 aliphatic heterocycles. The van der Waals surface area contributed by atoms with Gasteiger partial charge in [0.05, 0.1) is 15.7 Å². The van der Waals surface area contributed by atoms with Gasteiger partial charge in [-0.05, 0) is 42.5 Å². The minimum Gasteiger partial charge on any atom is -0.437 e. The lowest BCUT2D eigenvalue weighted by Gasteiger charge is -2.18. The first-order chi connectivity index (χ1) is 8.95. The minimum atomic E-state index is -0.934. The quantitative estimate of drug-likeness (QED) is 0.654. The van der Waals surface area contributed by atoms with Gasteiger partial charge in [0, 0.05) is 11.1 Å². The summed E-state index contributed by atoms with van der Waals surface area (Å²) in [6, 6.07) is 7.85. The number of nitrogens with zero attached hydrogens (tertiary/aromatic N) is 1. The number of rotatable bonds is 3. The fourth-order valence-electron chi connectivity index (χ4n) is 1.78. The number of halogens is 1. The van der Waals surface area contributed by atoms with Crippen molar-refractivity contribution in [3.63, 3.8) is 0 Å². The van der Waals surface area contributed by atoms with E-state index < -0.39 is 5.60 Å². The van der Waals surface area contributed by atoms with Crippen LogP contribution in [0.5, 0.6) is 0 Å². The van der Waals surface area contributed by atoms with Crippen molar-refractivity contribution >= 4 is 34.2 Å². The normalized spacial score (nSPS) is 19.1. The molecule has 0 aromatic heterocycles. The average Bonchev–Trinajstić information content (AvgIpc) is 2.73. The number of hydrogen-bond acceptors (Lipinski definition) is 3. The molecule has 1 N–H and O–H groups in total. The van der Waals surface area contributed by atoms with Crippen LogP contribution < -0.4 is 0 Å². The van der Waals surface area contributed by atoms with E-state index in [4.69, 9.17) is 4.74 Å². The SMILES string of the molecule is C=CCN=C1O/C(=C(/I)C(C)(C)O)c2ccccc21. The summed E-state index contributed by atoms with van der Waals surface area (Å²) in [5.74, 6) is 1.27. The molecule has 0 atom stereocenters. The maximum Gasteiger partial charge on any atom is 0.223 e. The molecule has 4 heteroatoms. The van der Waals surface area contributed by atoms with Gasteiger partial charge in [0.25, 0.3) is 0 Å². The van der Waals surface area contributed by atoms with E-state index in [-0.39, 0.29) is 0 Å². The second-order valence-electron chi connectivity index (χ2n) is 4.78. The smallest absolute Gasteiger partial charge is 0.223 e.